The van der Waals surface area contributed by atoms with Gasteiger partial charge in [-0.05, 0) is 80.7 Å². The van der Waals surface area contributed by atoms with Crippen LogP contribution >= 0.6 is 0 Å². The summed E-state index contributed by atoms with van der Waals surface area (Å²) in [7, 11) is 0. The van der Waals surface area contributed by atoms with Crippen molar-refractivity contribution in [1.82, 2.24) is 0 Å². The van der Waals surface area contributed by atoms with Crippen LogP contribution in [0.5, 0.6) is 5.75 Å². The number of fused-ring (bicyclic) bond motifs is 1. The van der Waals surface area contributed by atoms with Gasteiger partial charge in [0.05, 0.1) is 29.4 Å². The van der Waals surface area contributed by atoms with Crippen molar-refractivity contribution in [2.24, 2.45) is 35.0 Å². The fraction of sp³-hybridized carbons (Fsp3) is 0.409. The van der Waals surface area contributed by atoms with E-state index in [2.05, 4.69) is 38.2 Å². The van der Waals surface area contributed by atoms with Crippen molar-refractivity contribution in [2.75, 3.05) is 5.32 Å². The number of nitrogens with one attached hydrogen (secondary N) is 1. The van der Waals surface area contributed by atoms with Gasteiger partial charge in [-0.15, -0.1) is 0 Å². The lowest BCUT2D eigenvalue weighted by Gasteiger charge is -2.48. The highest BCUT2D eigenvalue weighted by Crippen LogP contribution is 2.62. The number of aromatic hydroxyl groups is 1. The molecule has 53 heavy (non-hydrogen) atoms. The van der Waals surface area contributed by atoms with Crippen molar-refractivity contribution < 1.29 is 40.2 Å². The Morgan fingerprint density at radius 3 is 2.28 bits per heavy atom. The number of aliphatic hydroxyl groups is 3. The number of aromatic carboxylic acids is 1. The number of rotatable bonds is 15. The van der Waals surface area contributed by atoms with E-state index in [4.69, 9.17) is 5.11 Å². The van der Waals surface area contributed by atoms with Gasteiger partial charge in [0, 0.05) is 29.5 Å². The summed E-state index contributed by atoms with van der Waals surface area (Å²) in [5.74, 6) is -2.81. The Bertz CT molecular complexity index is 1780. The summed E-state index contributed by atoms with van der Waals surface area (Å²) in [6.07, 6.45) is 16.7. The molecule has 2 aliphatic carbocycles. The third-order valence-corrected chi connectivity index (χ3v) is 11.0. The molecule has 0 amide bonds. The molecule has 9 nitrogen and oxygen atoms in total. The number of carbonyl (C=O) groups is 2. The highest BCUT2D eigenvalue weighted by Gasteiger charge is 2.59. The fourth-order valence-electron chi connectivity index (χ4n) is 8.42. The van der Waals surface area contributed by atoms with E-state index in [9.17, 15) is 35.1 Å². The molecule has 4 rings (SSSR count). The molecule has 0 radical (unpaired) electrons. The van der Waals surface area contributed by atoms with E-state index < -0.39 is 41.7 Å². The lowest BCUT2D eigenvalue weighted by atomic mass is 9.58. The van der Waals surface area contributed by atoms with E-state index in [1.54, 1.807) is 68.5 Å². The molecule has 0 spiro atoms. The van der Waals surface area contributed by atoms with E-state index in [1.165, 1.54) is 6.08 Å². The van der Waals surface area contributed by atoms with E-state index >= 15 is 0 Å². The SMILES string of the molecule is CC(C=CC(=O)O)=CCC(O)C(C)C(O)C=CC=CC=CC1C(C)=CC2C(C1C(Nc1ccccc1C(=O)O)c1ccc(O)cc1)C(C)(C)CC2(C)O. The van der Waals surface area contributed by atoms with Crippen LogP contribution in [0.2, 0.25) is 0 Å². The second kappa shape index (κ2) is 17.4. The van der Waals surface area contributed by atoms with Crippen molar-refractivity contribution in [3.8, 4) is 5.75 Å². The van der Waals surface area contributed by atoms with Crippen LogP contribution in [0.1, 0.15) is 76.3 Å². The van der Waals surface area contributed by atoms with Crippen molar-refractivity contribution >= 4 is 17.6 Å². The van der Waals surface area contributed by atoms with E-state index in [0.29, 0.717) is 17.7 Å². The van der Waals surface area contributed by atoms with E-state index in [-0.39, 0.29) is 46.8 Å². The van der Waals surface area contributed by atoms with Gasteiger partial charge < -0.3 is 36.0 Å². The minimum atomic E-state index is -1.05. The summed E-state index contributed by atoms with van der Waals surface area (Å²) >= 11 is 0. The molecule has 7 N–H and O–H groups in total. The van der Waals surface area contributed by atoms with Crippen LogP contribution in [-0.2, 0) is 4.79 Å². The van der Waals surface area contributed by atoms with Crippen LogP contribution in [0.4, 0.5) is 5.69 Å². The Kier molecular flexibility index (Phi) is 13.5. The molecule has 9 unspecified atom stereocenters. The lowest BCUT2D eigenvalue weighted by Crippen LogP contribution is -2.44. The predicted octanol–water partition coefficient (Wildman–Crippen LogP) is 7.85. The summed E-state index contributed by atoms with van der Waals surface area (Å²) in [5.41, 5.74) is 2.10. The maximum atomic E-state index is 12.3. The van der Waals surface area contributed by atoms with Gasteiger partial charge in [-0.25, -0.2) is 9.59 Å². The fourth-order valence-corrected chi connectivity index (χ4v) is 8.42. The van der Waals surface area contributed by atoms with Gasteiger partial charge in [0.1, 0.15) is 5.75 Å². The van der Waals surface area contributed by atoms with Crippen LogP contribution in [0.25, 0.3) is 0 Å². The molecule has 9 atom stereocenters. The maximum absolute atomic E-state index is 12.3. The molecule has 0 heterocycles. The summed E-state index contributed by atoms with van der Waals surface area (Å²) in [5, 5.41) is 65.7. The number of carboxylic acid groups (broad SMARTS) is 2. The standard InChI is InChI=1S/C44H55NO8/c1-27(18-24-38(49)50)17-23-37(48)29(3)36(47)16-10-8-7-9-13-32-28(2)25-34-40(43(4,5)26-44(34,6)53)39(32)41(30-19-21-31(46)22-20-30)45-35-15-12-11-14-33(35)42(51)52/h7-22,24-25,29,32,34,36-37,39-41,45-48,53H,23,26H2,1-6H3,(H,49,50)(H,51,52). The van der Waals surface area contributed by atoms with Gasteiger partial charge in [0.15, 0.2) is 0 Å². The predicted molar refractivity (Wildman–Crippen MR) is 208 cm³/mol. The molecule has 2 aromatic rings. The summed E-state index contributed by atoms with van der Waals surface area (Å²) in [6, 6.07) is 13.4. The van der Waals surface area contributed by atoms with Crippen molar-refractivity contribution in [3.63, 3.8) is 0 Å². The number of hydrogen-bond acceptors (Lipinski definition) is 7. The first-order chi connectivity index (χ1) is 24.9. The molecular weight excluding hydrogens is 670 g/mol. The van der Waals surface area contributed by atoms with Gasteiger partial charge in [-0.3, -0.25) is 0 Å². The minimum absolute atomic E-state index is 0.00194. The van der Waals surface area contributed by atoms with Crippen molar-refractivity contribution in [3.05, 3.63) is 132 Å². The summed E-state index contributed by atoms with van der Waals surface area (Å²) < 4.78 is 0. The Hall–Kier alpha value is -4.70. The van der Waals surface area contributed by atoms with Gasteiger partial charge in [0.25, 0.3) is 0 Å². The molecular formula is C44H55NO8. The smallest absolute Gasteiger partial charge is 0.337 e. The van der Waals surface area contributed by atoms with Gasteiger partial charge in [-0.2, -0.15) is 0 Å². The molecule has 0 aromatic heterocycles. The topological polar surface area (TPSA) is 168 Å². The van der Waals surface area contributed by atoms with Crippen LogP contribution in [0.15, 0.2) is 120 Å². The summed E-state index contributed by atoms with van der Waals surface area (Å²) in [6.45, 7) is 11.9. The average Bonchev–Trinajstić information content (AvgIpc) is 3.28. The highest BCUT2D eigenvalue weighted by molar-refractivity contribution is 5.94. The highest BCUT2D eigenvalue weighted by atomic mass is 16.4. The molecule has 0 bridgehead atoms. The van der Waals surface area contributed by atoms with Crippen molar-refractivity contribution in [2.45, 2.75) is 78.2 Å². The van der Waals surface area contributed by atoms with Gasteiger partial charge in [-0.1, -0.05) is 111 Å². The molecule has 9 heteroatoms. The molecule has 1 saturated carbocycles. The molecule has 1 fully saturated rings. The molecule has 284 valence electrons. The molecule has 0 aliphatic heterocycles. The molecule has 2 aliphatic rings. The zero-order valence-electron chi connectivity index (χ0n) is 31.4. The van der Waals surface area contributed by atoms with Crippen LogP contribution in [0.3, 0.4) is 0 Å². The first-order valence-corrected chi connectivity index (χ1v) is 18.2. The monoisotopic (exact) mass is 725 g/mol. The first-order valence-electron chi connectivity index (χ1n) is 18.2. The first kappa shape index (κ1) is 41.1. The Balaban J connectivity index is 1.64. The third-order valence-electron chi connectivity index (χ3n) is 11.0. The normalized spacial score (nSPS) is 26.8. The second-order valence-electron chi connectivity index (χ2n) is 15.6. The number of benzene rings is 2. The average molecular weight is 726 g/mol. The van der Waals surface area contributed by atoms with Crippen LogP contribution < -0.4 is 5.32 Å². The van der Waals surface area contributed by atoms with E-state index in [0.717, 1.165) is 17.2 Å². The van der Waals surface area contributed by atoms with Gasteiger partial charge in [0.2, 0.25) is 0 Å². The number of anilines is 1. The number of aliphatic hydroxyl groups excluding tert-OH is 2. The summed E-state index contributed by atoms with van der Waals surface area (Å²) in [4.78, 5) is 23.0. The third kappa shape index (κ3) is 10.3. The zero-order chi connectivity index (χ0) is 39.1. The Morgan fingerprint density at radius 2 is 1.62 bits per heavy atom. The quantitative estimate of drug-likeness (QED) is 0.0550. The molecule has 2 aromatic carbocycles. The largest absolute Gasteiger partial charge is 0.508 e. The zero-order valence-corrected chi connectivity index (χ0v) is 31.4. The number of aliphatic carboxylic acids is 1. The number of phenols is 1. The Labute approximate surface area is 313 Å². The number of para-hydroxylation sites is 1. The van der Waals surface area contributed by atoms with Crippen LogP contribution in [0, 0.1) is 35.0 Å². The van der Waals surface area contributed by atoms with Gasteiger partial charge >= 0.3 is 11.9 Å². The number of carboxylic acids is 2. The number of allylic oxidation sites excluding steroid dienone is 8. The minimum Gasteiger partial charge on any atom is -0.508 e. The van der Waals surface area contributed by atoms with Crippen LogP contribution in [-0.4, -0.2) is 60.4 Å². The molecule has 0 saturated heterocycles. The Morgan fingerprint density at radius 1 is 0.962 bits per heavy atom. The van der Waals surface area contributed by atoms with Crippen molar-refractivity contribution in [1.29, 1.82) is 0 Å². The lowest BCUT2D eigenvalue weighted by molar-refractivity contribution is -0.131. The number of phenolic OH excluding ortho intramolecular Hbond substituents is 1. The van der Waals surface area contributed by atoms with E-state index in [1.807, 2.05) is 37.3 Å². The maximum Gasteiger partial charge on any atom is 0.337 e. The number of hydrogen-bond donors (Lipinski definition) is 7. The second-order valence-corrected chi connectivity index (χ2v) is 15.6.